The molecule has 17 heavy (non-hydrogen) atoms. The molecule has 0 aliphatic carbocycles. The molecule has 2 aromatic rings. The molecule has 1 aromatic heterocycles. The molecule has 0 saturated carbocycles. The van der Waals surface area contributed by atoms with E-state index in [1.54, 1.807) is 18.5 Å². The number of aryl methyl sites for hydroxylation is 1. The van der Waals surface area contributed by atoms with Crippen LogP contribution in [0.5, 0.6) is 5.75 Å². The molecule has 1 heterocycles. The van der Waals surface area contributed by atoms with Crippen molar-refractivity contribution < 1.29 is 9.13 Å². The van der Waals surface area contributed by atoms with Gasteiger partial charge in [-0.25, -0.2) is 4.39 Å². The summed E-state index contributed by atoms with van der Waals surface area (Å²) in [4.78, 5) is 3.99. The summed E-state index contributed by atoms with van der Waals surface area (Å²) >= 11 is 3.31. The second-order valence-corrected chi connectivity index (χ2v) is 4.61. The Kier molecular flexibility index (Phi) is 3.74. The highest BCUT2D eigenvalue weighted by Gasteiger charge is 2.02. The first-order chi connectivity index (χ1) is 8.15. The van der Waals surface area contributed by atoms with Crippen LogP contribution in [0.15, 0.2) is 41.1 Å². The average molecular weight is 296 g/mol. The number of rotatable bonds is 3. The van der Waals surface area contributed by atoms with Gasteiger partial charge in [0, 0.05) is 10.7 Å². The van der Waals surface area contributed by atoms with Crippen LogP contribution >= 0.6 is 15.9 Å². The molecule has 0 unspecified atom stereocenters. The highest BCUT2D eigenvalue weighted by Crippen LogP contribution is 2.18. The second-order valence-electron chi connectivity index (χ2n) is 3.70. The van der Waals surface area contributed by atoms with Crippen molar-refractivity contribution in [3.8, 4) is 5.75 Å². The van der Waals surface area contributed by atoms with Gasteiger partial charge in [0.15, 0.2) is 0 Å². The van der Waals surface area contributed by atoms with Crippen LogP contribution in [0.4, 0.5) is 4.39 Å². The summed E-state index contributed by atoms with van der Waals surface area (Å²) in [6, 6.07) is 6.50. The molecule has 0 saturated heterocycles. The van der Waals surface area contributed by atoms with Crippen LogP contribution < -0.4 is 4.74 Å². The minimum atomic E-state index is -0.249. The number of nitrogens with zero attached hydrogens (tertiary/aromatic N) is 1. The van der Waals surface area contributed by atoms with Crippen molar-refractivity contribution in [1.29, 1.82) is 0 Å². The zero-order valence-electron chi connectivity index (χ0n) is 9.28. The predicted octanol–water partition coefficient (Wildman–Crippen LogP) is 3.87. The van der Waals surface area contributed by atoms with Crippen LogP contribution in [-0.2, 0) is 6.61 Å². The number of ether oxygens (including phenoxy) is 1. The Labute approximate surface area is 108 Å². The van der Waals surface area contributed by atoms with Gasteiger partial charge in [-0.1, -0.05) is 6.07 Å². The van der Waals surface area contributed by atoms with Gasteiger partial charge < -0.3 is 4.74 Å². The van der Waals surface area contributed by atoms with Gasteiger partial charge in [-0.2, -0.15) is 0 Å². The lowest BCUT2D eigenvalue weighted by atomic mass is 10.1. The van der Waals surface area contributed by atoms with Crippen molar-refractivity contribution >= 4 is 15.9 Å². The zero-order chi connectivity index (χ0) is 12.3. The maximum atomic E-state index is 13.1. The van der Waals surface area contributed by atoms with E-state index in [0.717, 1.165) is 15.6 Å². The molecule has 0 amide bonds. The first-order valence-electron chi connectivity index (χ1n) is 5.13. The van der Waals surface area contributed by atoms with Gasteiger partial charge in [0.25, 0.3) is 0 Å². The molecule has 4 heteroatoms. The van der Waals surface area contributed by atoms with E-state index in [-0.39, 0.29) is 5.82 Å². The fourth-order valence-corrected chi connectivity index (χ4v) is 1.77. The first kappa shape index (κ1) is 12.0. The summed E-state index contributed by atoms with van der Waals surface area (Å²) in [5, 5.41) is 0. The van der Waals surface area contributed by atoms with Gasteiger partial charge in [0.1, 0.15) is 18.2 Å². The Morgan fingerprint density at radius 3 is 2.88 bits per heavy atom. The maximum absolute atomic E-state index is 13.1. The Morgan fingerprint density at radius 1 is 1.29 bits per heavy atom. The number of benzene rings is 1. The normalized spacial score (nSPS) is 10.3. The molecule has 0 atom stereocenters. The van der Waals surface area contributed by atoms with Gasteiger partial charge in [-0.05, 0) is 52.2 Å². The zero-order valence-corrected chi connectivity index (χ0v) is 10.9. The molecule has 0 fully saturated rings. The quantitative estimate of drug-likeness (QED) is 0.857. The van der Waals surface area contributed by atoms with E-state index in [2.05, 4.69) is 20.9 Å². The predicted molar refractivity (Wildman–Crippen MR) is 67.4 cm³/mol. The smallest absolute Gasteiger partial charge is 0.139 e. The molecule has 0 bridgehead atoms. The molecule has 0 spiro atoms. The van der Waals surface area contributed by atoms with Crippen molar-refractivity contribution in [3.05, 3.63) is 58.1 Å². The fourth-order valence-electron chi connectivity index (χ4n) is 1.43. The van der Waals surface area contributed by atoms with E-state index in [4.69, 9.17) is 4.74 Å². The molecule has 0 aliphatic heterocycles. The highest BCUT2D eigenvalue weighted by molar-refractivity contribution is 9.10. The van der Waals surface area contributed by atoms with E-state index in [9.17, 15) is 4.39 Å². The van der Waals surface area contributed by atoms with Gasteiger partial charge >= 0.3 is 0 Å². The fraction of sp³-hybridized carbons (Fsp3) is 0.154. The molecule has 2 nitrogen and oxygen atoms in total. The molecule has 0 aliphatic rings. The van der Waals surface area contributed by atoms with Gasteiger partial charge in [0.05, 0.1) is 6.20 Å². The van der Waals surface area contributed by atoms with E-state index >= 15 is 0 Å². The molecular formula is C13H11BrFNO. The van der Waals surface area contributed by atoms with E-state index < -0.39 is 0 Å². The van der Waals surface area contributed by atoms with Crippen molar-refractivity contribution in [1.82, 2.24) is 4.98 Å². The monoisotopic (exact) mass is 295 g/mol. The number of pyridine rings is 1. The number of hydrogen-bond acceptors (Lipinski definition) is 2. The Balaban J connectivity index is 2.09. The summed E-state index contributed by atoms with van der Waals surface area (Å²) in [7, 11) is 0. The lowest BCUT2D eigenvalue weighted by Gasteiger charge is -2.08. The maximum Gasteiger partial charge on any atom is 0.139 e. The summed E-state index contributed by atoms with van der Waals surface area (Å²) in [5.41, 5.74) is 1.85. The van der Waals surface area contributed by atoms with Gasteiger partial charge in [-0.3, -0.25) is 4.98 Å². The van der Waals surface area contributed by atoms with Crippen LogP contribution in [-0.4, -0.2) is 4.98 Å². The van der Waals surface area contributed by atoms with Crippen molar-refractivity contribution in [3.63, 3.8) is 0 Å². The van der Waals surface area contributed by atoms with Crippen molar-refractivity contribution in [2.45, 2.75) is 13.5 Å². The molecule has 88 valence electrons. The van der Waals surface area contributed by atoms with Crippen LogP contribution in [0.1, 0.15) is 11.1 Å². The molecule has 1 aromatic carbocycles. The standard InChI is InChI=1S/C13H11BrFNO/c1-9-2-3-12(15)4-10(9)8-17-13-5-11(14)6-16-7-13/h2-7H,8H2,1H3. The Morgan fingerprint density at radius 2 is 2.12 bits per heavy atom. The second kappa shape index (κ2) is 5.27. The van der Waals surface area contributed by atoms with Crippen molar-refractivity contribution in [2.75, 3.05) is 0 Å². The summed E-state index contributed by atoms with van der Waals surface area (Å²) < 4.78 is 19.5. The number of aromatic nitrogens is 1. The minimum absolute atomic E-state index is 0.249. The Bertz CT molecular complexity index is 531. The summed E-state index contributed by atoms with van der Waals surface area (Å²) in [6.45, 7) is 2.26. The lowest BCUT2D eigenvalue weighted by Crippen LogP contribution is -1.99. The molecular weight excluding hydrogens is 285 g/mol. The summed E-state index contributed by atoms with van der Waals surface area (Å²) in [5.74, 6) is 0.407. The largest absolute Gasteiger partial charge is 0.487 e. The van der Waals surface area contributed by atoms with Crippen LogP contribution in [0.3, 0.4) is 0 Å². The molecule has 0 radical (unpaired) electrons. The van der Waals surface area contributed by atoms with Crippen molar-refractivity contribution in [2.24, 2.45) is 0 Å². The minimum Gasteiger partial charge on any atom is -0.487 e. The van der Waals surface area contributed by atoms with Crippen LogP contribution in [0.2, 0.25) is 0 Å². The van der Waals surface area contributed by atoms with E-state index in [1.165, 1.54) is 12.1 Å². The lowest BCUT2D eigenvalue weighted by molar-refractivity contribution is 0.303. The number of halogens is 2. The van der Waals surface area contributed by atoms with E-state index in [1.807, 2.05) is 13.0 Å². The highest BCUT2D eigenvalue weighted by atomic mass is 79.9. The molecule has 2 rings (SSSR count). The number of hydrogen-bond donors (Lipinski definition) is 0. The average Bonchev–Trinajstić information content (AvgIpc) is 2.30. The third-order valence-electron chi connectivity index (χ3n) is 2.39. The third kappa shape index (κ3) is 3.27. The topological polar surface area (TPSA) is 22.1 Å². The first-order valence-corrected chi connectivity index (χ1v) is 5.93. The molecule has 0 N–H and O–H groups in total. The SMILES string of the molecule is Cc1ccc(F)cc1COc1cncc(Br)c1. The van der Waals surface area contributed by atoms with Gasteiger partial charge in [-0.15, -0.1) is 0 Å². The van der Waals surface area contributed by atoms with E-state index in [0.29, 0.717) is 12.4 Å². The van der Waals surface area contributed by atoms with Gasteiger partial charge in [0.2, 0.25) is 0 Å². The summed E-state index contributed by atoms with van der Waals surface area (Å²) in [6.07, 6.45) is 3.31. The van der Waals surface area contributed by atoms with Crippen LogP contribution in [0.25, 0.3) is 0 Å². The Hall–Kier alpha value is -1.42. The van der Waals surface area contributed by atoms with Crippen LogP contribution in [0, 0.1) is 12.7 Å². The third-order valence-corrected chi connectivity index (χ3v) is 2.82.